The van der Waals surface area contributed by atoms with Crippen molar-refractivity contribution >= 4 is 29.0 Å². The van der Waals surface area contributed by atoms with Crippen LogP contribution in [0.2, 0.25) is 5.02 Å². The Morgan fingerprint density at radius 2 is 1.94 bits per heavy atom. The van der Waals surface area contributed by atoms with Gasteiger partial charge in [0.05, 0.1) is 23.9 Å². The highest BCUT2D eigenvalue weighted by molar-refractivity contribution is 6.30. The predicted molar refractivity (Wildman–Crippen MR) is 116 cm³/mol. The number of imidazole rings is 1. The molecule has 0 aliphatic heterocycles. The van der Waals surface area contributed by atoms with Crippen molar-refractivity contribution in [3.05, 3.63) is 86.0 Å². The zero-order valence-electron chi connectivity index (χ0n) is 16.8. The highest BCUT2D eigenvalue weighted by Crippen LogP contribution is 2.25. The van der Waals surface area contributed by atoms with Crippen molar-refractivity contribution in [2.75, 3.05) is 6.61 Å². The Bertz CT molecular complexity index is 1420. The molecule has 4 aromatic rings. The van der Waals surface area contributed by atoms with E-state index in [2.05, 4.69) is 9.97 Å². The van der Waals surface area contributed by atoms with Crippen molar-refractivity contribution in [1.82, 2.24) is 23.7 Å². The number of rotatable bonds is 6. The van der Waals surface area contributed by atoms with Crippen LogP contribution in [0, 0.1) is 5.82 Å². The van der Waals surface area contributed by atoms with Gasteiger partial charge in [-0.05, 0) is 42.5 Å². The Morgan fingerprint density at radius 1 is 1.19 bits per heavy atom. The molecule has 0 aliphatic carbocycles. The van der Waals surface area contributed by atoms with E-state index < -0.39 is 17.1 Å². The molecule has 0 fully saturated rings. The highest BCUT2D eigenvalue weighted by atomic mass is 35.5. The molecule has 0 spiro atoms. The number of aryl methyl sites for hydroxylation is 1. The summed E-state index contributed by atoms with van der Waals surface area (Å²) in [5, 5.41) is 9.51. The van der Waals surface area contributed by atoms with E-state index in [1.165, 1.54) is 58.9 Å². The van der Waals surface area contributed by atoms with Crippen molar-refractivity contribution in [1.29, 1.82) is 0 Å². The van der Waals surface area contributed by atoms with Crippen molar-refractivity contribution < 1.29 is 14.2 Å². The van der Waals surface area contributed by atoms with E-state index in [4.69, 9.17) is 21.4 Å². The van der Waals surface area contributed by atoms with Gasteiger partial charge in [-0.3, -0.25) is 18.9 Å². The van der Waals surface area contributed by atoms with Crippen LogP contribution in [0.25, 0.3) is 17.4 Å². The van der Waals surface area contributed by atoms with Gasteiger partial charge in [0, 0.05) is 19.4 Å². The number of hydrogen-bond acceptors (Lipinski definition) is 6. The topological polar surface area (TPSA) is 104 Å². The Balaban J connectivity index is 1.95. The van der Waals surface area contributed by atoms with Gasteiger partial charge in [0.2, 0.25) is 0 Å². The van der Waals surface area contributed by atoms with Crippen LogP contribution in [0.15, 0.2) is 58.3 Å². The summed E-state index contributed by atoms with van der Waals surface area (Å²) in [5.41, 5.74) is -0.551. The zero-order chi connectivity index (χ0) is 22.8. The highest BCUT2D eigenvalue weighted by Gasteiger charge is 2.21. The second-order valence-electron chi connectivity index (χ2n) is 6.76. The third kappa shape index (κ3) is 4.05. The van der Waals surface area contributed by atoms with Gasteiger partial charge >= 0.3 is 11.7 Å². The molecule has 0 radical (unpaired) electrons. The molecule has 3 heterocycles. The molecular formula is C21H17ClFN5O4. The van der Waals surface area contributed by atoms with Crippen LogP contribution in [0.4, 0.5) is 4.39 Å². The van der Waals surface area contributed by atoms with Crippen LogP contribution in [-0.2, 0) is 13.6 Å². The molecule has 11 heteroatoms. The summed E-state index contributed by atoms with van der Waals surface area (Å²) in [6.07, 6.45) is 3.93. The molecule has 0 unspecified atom stereocenters. The van der Waals surface area contributed by atoms with Crippen LogP contribution in [-0.4, -0.2) is 35.4 Å². The quantitative estimate of drug-likeness (QED) is 0.476. The van der Waals surface area contributed by atoms with Gasteiger partial charge in [0.25, 0.3) is 5.56 Å². The maximum absolute atomic E-state index is 13.3. The number of aliphatic hydroxyl groups is 1. The maximum Gasteiger partial charge on any atom is 0.336 e. The van der Waals surface area contributed by atoms with Crippen LogP contribution in [0.5, 0.6) is 11.8 Å². The van der Waals surface area contributed by atoms with Gasteiger partial charge < -0.3 is 9.84 Å². The summed E-state index contributed by atoms with van der Waals surface area (Å²) in [6, 6.07) is 8.64. The molecule has 0 saturated heterocycles. The van der Waals surface area contributed by atoms with Gasteiger partial charge in [-0.15, -0.1) is 0 Å². The van der Waals surface area contributed by atoms with E-state index in [-0.39, 0.29) is 36.1 Å². The molecule has 0 aliphatic rings. The van der Waals surface area contributed by atoms with Crippen molar-refractivity contribution in [3.8, 4) is 11.8 Å². The Labute approximate surface area is 185 Å². The monoisotopic (exact) mass is 457 g/mol. The summed E-state index contributed by atoms with van der Waals surface area (Å²) < 4.78 is 22.7. The minimum atomic E-state index is -0.650. The van der Waals surface area contributed by atoms with Gasteiger partial charge in [0.15, 0.2) is 11.2 Å². The lowest BCUT2D eigenvalue weighted by atomic mass is 10.3. The maximum atomic E-state index is 13.3. The Kier molecular flexibility index (Phi) is 5.89. The van der Waals surface area contributed by atoms with E-state index in [9.17, 15) is 14.0 Å². The number of pyridine rings is 1. The van der Waals surface area contributed by atoms with E-state index >= 15 is 0 Å². The normalized spacial score (nSPS) is 11.5. The third-order valence-electron chi connectivity index (χ3n) is 4.64. The summed E-state index contributed by atoms with van der Waals surface area (Å²) in [5.74, 6) is -0.144. The SMILES string of the molecule is Cn1c(=O)n(/C=C/CO)c(=O)c2c1nc(Oc1ccc(F)cc1)n2Cc1ccc(Cl)cn1. The molecule has 9 nitrogen and oxygen atoms in total. The van der Waals surface area contributed by atoms with Crippen LogP contribution in [0.1, 0.15) is 5.69 Å². The molecule has 4 rings (SSSR count). The molecule has 0 amide bonds. The number of aliphatic hydroxyl groups excluding tert-OH is 1. The van der Waals surface area contributed by atoms with Crippen molar-refractivity contribution in [2.45, 2.75) is 6.54 Å². The molecule has 0 bridgehead atoms. The largest absolute Gasteiger partial charge is 0.425 e. The van der Waals surface area contributed by atoms with E-state index in [1.54, 1.807) is 12.1 Å². The second kappa shape index (κ2) is 8.77. The predicted octanol–water partition coefficient (Wildman–Crippen LogP) is 2.39. The van der Waals surface area contributed by atoms with Gasteiger partial charge in [-0.2, -0.15) is 4.98 Å². The fourth-order valence-corrected chi connectivity index (χ4v) is 3.21. The smallest absolute Gasteiger partial charge is 0.336 e. The molecule has 0 saturated carbocycles. The number of aromatic nitrogens is 5. The number of hydrogen-bond donors (Lipinski definition) is 1. The van der Waals surface area contributed by atoms with Crippen LogP contribution >= 0.6 is 11.6 Å². The average molecular weight is 458 g/mol. The lowest BCUT2D eigenvalue weighted by molar-refractivity contribution is 0.343. The molecule has 3 aromatic heterocycles. The first-order valence-corrected chi connectivity index (χ1v) is 9.80. The van der Waals surface area contributed by atoms with Crippen LogP contribution < -0.4 is 16.0 Å². The average Bonchev–Trinajstić information content (AvgIpc) is 3.13. The van der Waals surface area contributed by atoms with E-state index in [0.717, 1.165) is 4.57 Å². The Morgan fingerprint density at radius 3 is 2.59 bits per heavy atom. The van der Waals surface area contributed by atoms with Crippen molar-refractivity contribution in [3.63, 3.8) is 0 Å². The third-order valence-corrected chi connectivity index (χ3v) is 4.86. The molecule has 1 N–H and O–H groups in total. The van der Waals surface area contributed by atoms with Crippen molar-refractivity contribution in [2.24, 2.45) is 7.05 Å². The fraction of sp³-hybridized carbons (Fsp3) is 0.143. The molecule has 0 atom stereocenters. The first-order valence-electron chi connectivity index (χ1n) is 9.42. The van der Waals surface area contributed by atoms with Gasteiger partial charge in [0.1, 0.15) is 11.6 Å². The van der Waals surface area contributed by atoms with Crippen LogP contribution in [0.3, 0.4) is 0 Å². The molecular weight excluding hydrogens is 441 g/mol. The Hall–Kier alpha value is -3.76. The summed E-state index contributed by atoms with van der Waals surface area (Å²) in [7, 11) is 1.47. The van der Waals surface area contributed by atoms with Gasteiger partial charge in [-0.25, -0.2) is 13.8 Å². The fourth-order valence-electron chi connectivity index (χ4n) is 3.10. The summed E-state index contributed by atoms with van der Waals surface area (Å²) in [6.45, 7) is -0.262. The molecule has 164 valence electrons. The second-order valence-corrected chi connectivity index (χ2v) is 7.20. The van der Waals surface area contributed by atoms with E-state index in [0.29, 0.717) is 10.7 Å². The number of benzene rings is 1. The van der Waals surface area contributed by atoms with E-state index in [1.807, 2.05) is 0 Å². The number of fused-ring (bicyclic) bond motifs is 1. The summed E-state index contributed by atoms with van der Waals surface area (Å²) >= 11 is 5.92. The lowest BCUT2D eigenvalue weighted by Crippen LogP contribution is -2.37. The lowest BCUT2D eigenvalue weighted by Gasteiger charge is -2.10. The standard InChI is InChI=1S/C21H17ClFN5O4/c1-26-18-17(19(30)27(21(26)31)9-2-10-29)28(12-15-6-3-13(22)11-24-15)20(25-18)32-16-7-4-14(23)5-8-16/h2-9,11,29H,10,12H2,1H3/b9-2+. The first-order chi connectivity index (χ1) is 15.4. The number of nitrogens with zero attached hydrogens (tertiary/aromatic N) is 5. The van der Waals surface area contributed by atoms with Gasteiger partial charge in [-0.1, -0.05) is 11.6 Å². The number of halogens is 2. The minimum Gasteiger partial charge on any atom is -0.425 e. The first kappa shape index (κ1) is 21.5. The zero-order valence-corrected chi connectivity index (χ0v) is 17.5. The molecule has 1 aromatic carbocycles. The number of ether oxygens (including phenoxy) is 1. The summed E-state index contributed by atoms with van der Waals surface area (Å²) in [4.78, 5) is 34.5. The minimum absolute atomic E-state index is 0.0133. The molecule has 32 heavy (non-hydrogen) atoms.